The van der Waals surface area contributed by atoms with Crippen LogP contribution in [0.3, 0.4) is 0 Å². The van der Waals surface area contributed by atoms with Gasteiger partial charge in [0, 0.05) is 37.0 Å². The van der Waals surface area contributed by atoms with Crippen molar-refractivity contribution in [2.75, 3.05) is 0 Å². The standard InChI is InChI=1S/C48H32N2SSi/c1-3-16-33(17-4-1)49-40-23-10-8-21-38(40)48-41(49)24-15-25-42(48)50-39-22-9-7-20-36(39)37-31-30-35(32-43(37)50)52(34-18-5-2-6-19-34)46-28-13-11-26-44(46)51-45-27-12-14-29-47(45)52/h1-32H. The molecule has 0 atom stereocenters. The van der Waals surface area contributed by atoms with Gasteiger partial charge in [-0.05, 0) is 75.3 Å². The molecule has 0 amide bonds. The van der Waals surface area contributed by atoms with Gasteiger partial charge in [-0.1, -0.05) is 151 Å². The zero-order valence-electron chi connectivity index (χ0n) is 28.3. The summed E-state index contributed by atoms with van der Waals surface area (Å²) in [6, 6.07) is 72.4. The number of benzene rings is 8. The first-order valence-electron chi connectivity index (χ1n) is 17.9. The van der Waals surface area contributed by atoms with Gasteiger partial charge in [0.2, 0.25) is 0 Å². The Balaban J connectivity index is 1.28. The van der Waals surface area contributed by atoms with E-state index in [1.807, 2.05) is 11.8 Å². The van der Waals surface area contributed by atoms with Crippen molar-refractivity contribution in [3.05, 3.63) is 194 Å². The molecule has 3 heterocycles. The molecule has 1 aliphatic heterocycles. The predicted octanol–water partition coefficient (Wildman–Crippen LogP) is 9.72. The first kappa shape index (κ1) is 29.6. The van der Waals surface area contributed by atoms with E-state index in [9.17, 15) is 0 Å². The average Bonchev–Trinajstić information content (AvgIpc) is 3.73. The summed E-state index contributed by atoms with van der Waals surface area (Å²) < 4.78 is 4.96. The normalized spacial score (nSPS) is 13.5. The van der Waals surface area contributed by atoms with Crippen molar-refractivity contribution in [2.24, 2.45) is 0 Å². The molecule has 0 spiro atoms. The van der Waals surface area contributed by atoms with Crippen molar-refractivity contribution in [3.8, 4) is 11.4 Å². The van der Waals surface area contributed by atoms with E-state index in [2.05, 4.69) is 203 Å². The molecule has 52 heavy (non-hydrogen) atoms. The van der Waals surface area contributed by atoms with Gasteiger partial charge in [0.1, 0.15) is 0 Å². The van der Waals surface area contributed by atoms with E-state index in [0.29, 0.717) is 0 Å². The van der Waals surface area contributed by atoms with Crippen LogP contribution >= 0.6 is 11.8 Å². The summed E-state index contributed by atoms with van der Waals surface area (Å²) >= 11 is 1.91. The molecule has 0 unspecified atom stereocenters. The fourth-order valence-corrected chi connectivity index (χ4v) is 15.9. The number of aromatic nitrogens is 2. The second-order valence-corrected chi connectivity index (χ2v) is 18.5. The summed E-state index contributed by atoms with van der Waals surface area (Å²) in [5.74, 6) is 0. The fourth-order valence-electron chi connectivity index (χ4n) is 8.98. The molecule has 2 aromatic heterocycles. The smallest absolute Gasteiger partial charge is 0.181 e. The SMILES string of the molecule is c1ccc(-n2c3ccccc3c3c(-n4c5ccccc5c5ccc([Si]6(c7ccccc7)c7ccccc7Sc7ccccc76)cc54)cccc32)cc1. The van der Waals surface area contributed by atoms with Crippen LogP contribution in [0.1, 0.15) is 0 Å². The van der Waals surface area contributed by atoms with Crippen LogP contribution in [0.15, 0.2) is 204 Å². The summed E-state index contributed by atoms with van der Waals surface area (Å²) in [6.45, 7) is 0. The molecular formula is C48H32N2SSi. The maximum absolute atomic E-state index is 2.74. The fraction of sp³-hybridized carbons (Fsp3) is 0. The van der Waals surface area contributed by atoms with Crippen molar-refractivity contribution < 1.29 is 0 Å². The molecular weight excluding hydrogens is 665 g/mol. The number of nitrogens with zero attached hydrogens (tertiary/aromatic N) is 2. The molecule has 0 saturated carbocycles. The minimum absolute atomic E-state index is 1.17. The third-order valence-electron chi connectivity index (χ3n) is 11.0. The van der Waals surface area contributed by atoms with Gasteiger partial charge < -0.3 is 9.13 Å². The van der Waals surface area contributed by atoms with Crippen molar-refractivity contribution in [3.63, 3.8) is 0 Å². The van der Waals surface area contributed by atoms with E-state index in [1.54, 1.807) is 0 Å². The highest BCUT2D eigenvalue weighted by molar-refractivity contribution is 8.00. The molecule has 1 aliphatic rings. The van der Waals surface area contributed by atoms with Gasteiger partial charge in [-0.25, -0.2) is 0 Å². The zero-order chi connectivity index (χ0) is 34.2. The molecule has 2 nitrogen and oxygen atoms in total. The van der Waals surface area contributed by atoms with Crippen molar-refractivity contribution in [1.29, 1.82) is 0 Å². The second-order valence-electron chi connectivity index (χ2n) is 13.7. The van der Waals surface area contributed by atoms with Crippen LogP contribution in [-0.4, -0.2) is 17.2 Å². The summed E-state index contributed by atoms with van der Waals surface area (Å²) in [5, 5.41) is 10.8. The molecule has 0 radical (unpaired) electrons. The highest BCUT2D eigenvalue weighted by Crippen LogP contribution is 2.40. The van der Waals surface area contributed by atoms with Gasteiger partial charge in [-0.3, -0.25) is 0 Å². The summed E-state index contributed by atoms with van der Waals surface area (Å²) in [5.41, 5.74) is 7.23. The van der Waals surface area contributed by atoms with Gasteiger partial charge in [0.05, 0.1) is 27.8 Å². The predicted molar refractivity (Wildman–Crippen MR) is 223 cm³/mol. The molecule has 11 rings (SSSR count). The third kappa shape index (κ3) is 4.08. The van der Waals surface area contributed by atoms with Crippen LogP contribution in [0.4, 0.5) is 0 Å². The monoisotopic (exact) mass is 696 g/mol. The van der Waals surface area contributed by atoms with E-state index in [1.165, 1.54) is 85.5 Å². The molecule has 0 bridgehead atoms. The Hall–Kier alpha value is -6.07. The first-order valence-corrected chi connectivity index (χ1v) is 20.7. The second kappa shape index (κ2) is 11.5. The van der Waals surface area contributed by atoms with Gasteiger partial charge in [0.15, 0.2) is 8.07 Å². The van der Waals surface area contributed by atoms with Crippen LogP contribution in [0.5, 0.6) is 0 Å². The average molecular weight is 697 g/mol. The Morgan fingerprint density at radius 1 is 0.365 bits per heavy atom. The highest BCUT2D eigenvalue weighted by atomic mass is 32.2. The minimum Gasteiger partial charge on any atom is -0.309 e. The van der Waals surface area contributed by atoms with Crippen LogP contribution in [0, 0.1) is 0 Å². The number of para-hydroxylation sites is 3. The molecule has 0 N–H and O–H groups in total. The largest absolute Gasteiger partial charge is 0.309 e. The molecule has 4 heteroatoms. The molecule has 8 aromatic carbocycles. The van der Waals surface area contributed by atoms with Crippen LogP contribution in [-0.2, 0) is 0 Å². The van der Waals surface area contributed by atoms with Crippen LogP contribution in [0.25, 0.3) is 55.0 Å². The summed E-state index contributed by atoms with van der Waals surface area (Å²) in [6.07, 6.45) is 0. The molecule has 0 aliphatic carbocycles. The minimum atomic E-state index is -2.74. The highest BCUT2D eigenvalue weighted by Gasteiger charge is 2.47. The summed E-state index contributed by atoms with van der Waals surface area (Å²) in [7, 11) is -2.74. The molecule has 0 fully saturated rings. The lowest BCUT2D eigenvalue weighted by molar-refractivity contribution is 1.17. The Morgan fingerprint density at radius 3 is 1.65 bits per heavy atom. The number of fused-ring (bicyclic) bond motifs is 8. The topological polar surface area (TPSA) is 9.86 Å². The maximum atomic E-state index is 2.55. The van der Waals surface area contributed by atoms with Crippen molar-refractivity contribution in [1.82, 2.24) is 9.13 Å². The van der Waals surface area contributed by atoms with Gasteiger partial charge >= 0.3 is 0 Å². The van der Waals surface area contributed by atoms with Gasteiger partial charge in [-0.15, -0.1) is 0 Å². The van der Waals surface area contributed by atoms with Crippen LogP contribution < -0.4 is 20.7 Å². The van der Waals surface area contributed by atoms with Gasteiger partial charge in [-0.2, -0.15) is 0 Å². The summed E-state index contributed by atoms with van der Waals surface area (Å²) in [4.78, 5) is 2.71. The lowest BCUT2D eigenvalue weighted by Gasteiger charge is -2.39. The Labute approximate surface area is 307 Å². The lowest BCUT2D eigenvalue weighted by Crippen LogP contribution is -2.76. The Kier molecular flexibility index (Phi) is 6.54. The maximum Gasteiger partial charge on any atom is 0.181 e. The van der Waals surface area contributed by atoms with E-state index < -0.39 is 8.07 Å². The Bertz CT molecular complexity index is 2950. The van der Waals surface area contributed by atoms with Gasteiger partial charge in [0.25, 0.3) is 0 Å². The molecule has 244 valence electrons. The van der Waals surface area contributed by atoms with E-state index in [4.69, 9.17) is 0 Å². The van der Waals surface area contributed by atoms with Crippen LogP contribution in [0.2, 0.25) is 0 Å². The van der Waals surface area contributed by atoms with Crippen molar-refractivity contribution >= 4 is 84.2 Å². The molecule has 10 aromatic rings. The quantitative estimate of drug-likeness (QED) is 0.167. The van der Waals surface area contributed by atoms with E-state index in [-0.39, 0.29) is 0 Å². The van der Waals surface area contributed by atoms with E-state index in [0.717, 1.165) is 0 Å². The zero-order valence-corrected chi connectivity index (χ0v) is 30.1. The Morgan fingerprint density at radius 2 is 0.923 bits per heavy atom. The van der Waals surface area contributed by atoms with Crippen molar-refractivity contribution in [2.45, 2.75) is 9.79 Å². The number of hydrogen-bond acceptors (Lipinski definition) is 1. The molecule has 0 saturated heterocycles. The first-order chi connectivity index (χ1) is 25.8. The van der Waals surface area contributed by atoms with E-state index >= 15 is 0 Å². The number of rotatable bonds is 4. The lowest BCUT2D eigenvalue weighted by atomic mass is 10.1. The third-order valence-corrected chi connectivity index (χ3v) is 17.4. The number of hydrogen-bond donors (Lipinski definition) is 0.